The van der Waals surface area contributed by atoms with E-state index in [0.717, 1.165) is 6.54 Å². The molecule has 1 rings (SSSR count). The highest BCUT2D eigenvalue weighted by Gasteiger charge is 2.37. The Balaban J connectivity index is 2.56. The molecule has 0 radical (unpaired) electrons. The molecule has 3 N–H and O–H groups in total. The minimum Gasteiger partial charge on any atom is -0.329 e. The SMILES string of the molecule is CCC(C)NC1(CN)CCC(C)(C)CC1. The number of nitrogens with one attached hydrogen (secondary N) is 1. The van der Waals surface area contributed by atoms with Crippen LogP contribution < -0.4 is 11.1 Å². The molecule has 1 unspecified atom stereocenters. The van der Waals surface area contributed by atoms with Crippen molar-refractivity contribution < 1.29 is 0 Å². The highest BCUT2D eigenvalue weighted by Crippen LogP contribution is 2.39. The lowest BCUT2D eigenvalue weighted by Crippen LogP contribution is -2.56. The minimum absolute atomic E-state index is 0.227. The van der Waals surface area contributed by atoms with E-state index >= 15 is 0 Å². The molecule has 0 amide bonds. The van der Waals surface area contributed by atoms with Crippen molar-refractivity contribution in [1.29, 1.82) is 0 Å². The second-order valence-corrected chi connectivity index (χ2v) is 6.10. The van der Waals surface area contributed by atoms with Gasteiger partial charge in [0.1, 0.15) is 0 Å². The summed E-state index contributed by atoms with van der Waals surface area (Å²) in [6, 6.07) is 0.592. The summed E-state index contributed by atoms with van der Waals surface area (Å²) in [4.78, 5) is 0. The van der Waals surface area contributed by atoms with E-state index < -0.39 is 0 Å². The van der Waals surface area contributed by atoms with Crippen LogP contribution in [0.25, 0.3) is 0 Å². The van der Waals surface area contributed by atoms with Crippen molar-refractivity contribution in [3.63, 3.8) is 0 Å². The maximum Gasteiger partial charge on any atom is 0.0306 e. The summed E-state index contributed by atoms with van der Waals surface area (Å²) >= 11 is 0. The molecule has 0 spiro atoms. The van der Waals surface area contributed by atoms with Crippen molar-refractivity contribution in [3.05, 3.63) is 0 Å². The van der Waals surface area contributed by atoms with Gasteiger partial charge < -0.3 is 11.1 Å². The Bertz CT molecular complexity index is 189. The van der Waals surface area contributed by atoms with Gasteiger partial charge in [0.2, 0.25) is 0 Å². The molecular weight excluding hydrogens is 184 g/mol. The predicted molar refractivity (Wildman–Crippen MR) is 66.9 cm³/mol. The van der Waals surface area contributed by atoms with Gasteiger partial charge in [-0.1, -0.05) is 20.8 Å². The second kappa shape index (κ2) is 4.84. The van der Waals surface area contributed by atoms with Gasteiger partial charge in [-0.3, -0.25) is 0 Å². The fourth-order valence-electron chi connectivity index (χ4n) is 2.44. The molecule has 0 aromatic rings. The third-order valence-electron chi connectivity index (χ3n) is 4.12. The van der Waals surface area contributed by atoms with Gasteiger partial charge in [-0.25, -0.2) is 0 Å². The molecule has 1 saturated carbocycles. The van der Waals surface area contributed by atoms with E-state index in [1.807, 2.05) is 0 Å². The van der Waals surface area contributed by atoms with E-state index in [2.05, 4.69) is 33.0 Å². The fourth-order valence-corrected chi connectivity index (χ4v) is 2.44. The fraction of sp³-hybridized carbons (Fsp3) is 1.00. The Hall–Kier alpha value is -0.0800. The molecule has 0 aromatic carbocycles. The van der Waals surface area contributed by atoms with E-state index in [1.165, 1.54) is 32.1 Å². The van der Waals surface area contributed by atoms with Crippen molar-refractivity contribution in [2.24, 2.45) is 11.1 Å². The van der Waals surface area contributed by atoms with Crippen molar-refractivity contribution in [1.82, 2.24) is 5.32 Å². The summed E-state index contributed by atoms with van der Waals surface area (Å²) < 4.78 is 0. The normalized spacial score (nSPS) is 26.2. The zero-order chi connectivity index (χ0) is 11.5. The first-order valence-corrected chi connectivity index (χ1v) is 6.41. The van der Waals surface area contributed by atoms with Crippen molar-refractivity contribution in [3.8, 4) is 0 Å². The highest BCUT2D eigenvalue weighted by atomic mass is 15.0. The van der Waals surface area contributed by atoms with E-state index in [4.69, 9.17) is 5.73 Å². The van der Waals surface area contributed by atoms with Crippen LogP contribution in [0, 0.1) is 5.41 Å². The monoisotopic (exact) mass is 212 g/mol. The molecule has 15 heavy (non-hydrogen) atoms. The Morgan fingerprint density at radius 2 is 1.73 bits per heavy atom. The summed E-state index contributed by atoms with van der Waals surface area (Å²) in [6.07, 6.45) is 6.26. The van der Waals surface area contributed by atoms with Crippen LogP contribution in [0.5, 0.6) is 0 Å². The molecule has 0 aliphatic heterocycles. The van der Waals surface area contributed by atoms with Gasteiger partial charge in [0.05, 0.1) is 0 Å². The first-order valence-electron chi connectivity index (χ1n) is 6.41. The molecule has 0 aromatic heterocycles. The van der Waals surface area contributed by atoms with Crippen molar-refractivity contribution in [2.75, 3.05) is 6.54 Å². The molecule has 0 heterocycles. The molecule has 1 atom stereocenters. The van der Waals surface area contributed by atoms with Crippen molar-refractivity contribution in [2.45, 2.75) is 71.4 Å². The van der Waals surface area contributed by atoms with Crippen LogP contribution in [0.1, 0.15) is 59.8 Å². The van der Waals surface area contributed by atoms with Gasteiger partial charge in [-0.2, -0.15) is 0 Å². The average molecular weight is 212 g/mol. The lowest BCUT2D eigenvalue weighted by atomic mass is 9.69. The zero-order valence-corrected chi connectivity index (χ0v) is 10.9. The van der Waals surface area contributed by atoms with Gasteiger partial charge >= 0.3 is 0 Å². The maximum atomic E-state index is 5.97. The standard InChI is InChI=1S/C13H28N2/c1-5-11(2)15-13(10-14)8-6-12(3,4)7-9-13/h11,15H,5-10,14H2,1-4H3. The molecule has 0 bridgehead atoms. The van der Waals surface area contributed by atoms with Gasteiger partial charge in [0.15, 0.2) is 0 Å². The van der Waals surface area contributed by atoms with E-state index in [9.17, 15) is 0 Å². The Morgan fingerprint density at radius 3 is 2.13 bits per heavy atom. The average Bonchev–Trinajstić information content (AvgIpc) is 2.22. The van der Waals surface area contributed by atoms with Gasteiger partial charge in [0.25, 0.3) is 0 Å². The van der Waals surface area contributed by atoms with Crippen LogP contribution in [-0.2, 0) is 0 Å². The summed E-state index contributed by atoms with van der Waals surface area (Å²) in [5, 5.41) is 3.74. The Kier molecular flexibility index (Phi) is 4.19. The molecular formula is C13H28N2. The first kappa shape index (κ1) is 13.0. The summed E-state index contributed by atoms with van der Waals surface area (Å²) in [5.74, 6) is 0. The Morgan fingerprint density at radius 1 is 1.20 bits per heavy atom. The van der Waals surface area contributed by atoms with Crippen LogP contribution in [0.4, 0.5) is 0 Å². The predicted octanol–water partition coefficient (Wildman–Crippen LogP) is 2.67. The molecule has 1 fully saturated rings. The van der Waals surface area contributed by atoms with Crippen LogP contribution in [0.2, 0.25) is 0 Å². The number of hydrogen-bond donors (Lipinski definition) is 2. The summed E-state index contributed by atoms with van der Waals surface area (Å²) in [5.41, 5.74) is 6.72. The van der Waals surface area contributed by atoms with E-state index in [-0.39, 0.29) is 5.54 Å². The summed E-state index contributed by atoms with van der Waals surface area (Å²) in [7, 11) is 0. The number of nitrogens with two attached hydrogens (primary N) is 1. The third kappa shape index (κ3) is 3.46. The molecule has 90 valence electrons. The molecule has 2 nitrogen and oxygen atoms in total. The Labute approximate surface area is 95.0 Å². The summed E-state index contributed by atoms with van der Waals surface area (Å²) in [6.45, 7) is 10.0. The van der Waals surface area contributed by atoms with Crippen LogP contribution >= 0.6 is 0 Å². The van der Waals surface area contributed by atoms with Crippen LogP contribution in [0.15, 0.2) is 0 Å². The largest absolute Gasteiger partial charge is 0.329 e. The molecule has 0 saturated heterocycles. The minimum atomic E-state index is 0.227. The smallest absolute Gasteiger partial charge is 0.0306 e. The first-order chi connectivity index (χ1) is 6.93. The lowest BCUT2D eigenvalue weighted by molar-refractivity contribution is 0.130. The van der Waals surface area contributed by atoms with Gasteiger partial charge in [0, 0.05) is 18.1 Å². The van der Waals surface area contributed by atoms with Gasteiger partial charge in [-0.05, 0) is 44.4 Å². The molecule has 1 aliphatic carbocycles. The maximum absolute atomic E-state index is 5.97. The second-order valence-electron chi connectivity index (χ2n) is 6.10. The topological polar surface area (TPSA) is 38.0 Å². The van der Waals surface area contributed by atoms with Crippen molar-refractivity contribution >= 4 is 0 Å². The zero-order valence-electron chi connectivity index (χ0n) is 10.9. The highest BCUT2D eigenvalue weighted by molar-refractivity contribution is 4.97. The third-order valence-corrected chi connectivity index (χ3v) is 4.12. The molecule has 2 heteroatoms. The van der Waals surface area contributed by atoms with Crippen LogP contribution in [0.3, 0.4) is 0 Å². The molecule has 1 aliphatic rings. The number of hydrogen-bond acceptors (Lipinski definition) is 2. The van der Waals surface area contributed by atoms with E-state index in [1.54, 1.807) is 0 Å². The lowest BCUT2D eigenvalue weighted by Gasteiger charge is -2.45. The quantitative estimate of drug-likeness (QED) is 0.752. The van der Waals surface area contributed by atoms with Gasteiger partial charge in [-0.15, -0.1) is 0 Å². The number of rotatable bonds is 4. The van der Waals surface area contributed by atoms with Crippen LogP contribution in [-0.4, -0.2) is 18.1 Å². The van der Waals surface area contributed by atoms with E-state index in [0.29, 0.717) is 11.5 Å².